The monoisotopic (exact) mass is 570 g/mol. The van der Waals surface area contributed by atoms with Gasteiger partial charge >= 0.3 is 0 Å². The molecule has 40 heavy (non-hydrogen) atoms. The van der Waals surface area contributed by atoms with Gasteiger partial charge in [0, 0.05) is 29.9 Å². The predicted octanol–water partition coefficient (Wildman–Crippen LogP) is 8.19. The molecule has 0 radical (unpaired) electrons. The Hall–Kier alpha value is -1.69. The van der Waals surface area contributed by atoms with Crippen molar-refractivity contribution in [1.29, 1.82) is 0 Å². The van der Waals surface area contributed by atoms with Crippen molar-refractivity contribution < 1.29 is 4.39 Å². The van der Waals surface area contributed by atoms with Gasteiger partial charge in [0.25, 0.3) is 0 Å². The fourth-order valence-corrected chi connectivity index (χ4v) is 8.27. The zero-order chi connectivity index (χ0) is 28.5. The molecule has 5 aliphatic carbocycles. The first-order valence-corrected chi connectivity index (χ1v) is 16.1. The minimum atomic E-state index is -0.275. The Labute approximate surface area is 247 Å². The molecular weight excluding hydrogens is 519 g/mol. The fourth-order valence-electron chi connectivity index (χ4n) is 8.07. The number of allylic oxidation sites excluding steroid dienone is 3. The zero-order valence-electron chi connectivity index (χ0n) is 25.0. The van der Waals surface area contributed by atoms with E-state index in [-0.39, 0.29) is 12.0 Å². The van der Waals surface area contributed by atoms with E-state index in [1.165, 1.54) is 77.0 Å². The smallest absolute Gasteiger partial charge is 0.159 e. The van der Waals surface area contributed by atoms with Crippen molar-refractivity contribution in [2.24, 2.45) is 34.1 Å². The summed E-state index contributed by atoms with van der Waals surface area (Å²) in [6.07, 6.45) is 16.7. The van der Waals surface area contributed by atoms with Gasteiger partial charge in [0.15, 0.2) is 5.83 Å². The fraction of sp³-hybridized carbons (Fsp3) is 0.676. The van der Waals surface area contributed by atoms with Crippen molar-refractivity contribution >= 4 is 17.8 Å². The van der Waals surface area contributed by atoms with E-state index in [9.17, 15) is 4.39 Å². The number of nitrogens with zero attached hydrogens (tertiary/aromatic N) is 1. The molecule has 0 heterocycles. The van der Waals surface area contributed by atoms with Crippen molar-refractivity contribution in [3.8, 4) is 0 Å². The van der Waals surface area contributed by atoms with Gasteiger partial charge in [-0.1, -0.05) is 55.1 Å². The average Bonchev–Trinajstić information content (AvgIpc) is 2.94. The third-order valence-corrected chi connectivity index (χ3v) is 10.2. The summed E-state index contributed by atoms with van der Waals surface area (Å²) in [5.74, 6) is 3.10. The van der Waals surface area contributed by atoms with Crippen LogP contribution in [0.3, 0.4) is 0 Å². The average molecular weight is 571 g/mol. The van der Waals surface area contributed by atoms with Crippen LogP contribution in [0.1, 0.15) is 90.5 Å². The highest BCUT2D eigenvalue weighted by molar-refractivity contribution is 6.31. The van der Waals surface area contributed by atoms with Crippen LogP contribution in [0, 0.1) is 29.1 Å². The number of halogens is 2. The molecule has 3 N–H and O–H groups in total. The Morgan fingerprint density at radius 2 is 1.82 bits per heavy atom. The van der Waals surface area contributed by atoms with Crippen LogP contribution in [0.15, 0.2) is 53.4 Å². The number of aliphatic imine (C=N–C) groups is 1. The maximum Gasteiger partial charge on any atom is 0.159 e. The molecule has 5 aliphatic rings. The van der Waals surface area contributed by atoms with Crippen LogP contribution < -0.4 is 16.0 Å². The molecule has 0 aliphatic heterocycles. The Balaban J connectivity index is 0.00000118. The van der Waals surface area contributed by atoms with Crippen molar-refractivity contribution in [3.05, 3.63) is 59.0 Å². The number of nitrogens with one attached hydrogen (secondary N) is 3. The van der Waals surface area contributed by atoms with E-state index in [1.54, 1.807) is 6.08 Å². The maximum atomic E-state index is 14.9. The molecule has 0 amide bonds. The zero-order valence-corrected chi connectivity index (χ0v) is 25.8. The van der Waals surface area contributed by atoms with E-state index in [1.807, 2.05) is 45.0 Å². The van der Waals surface area contributed by atoms with E-state index in [4.69, 9.17) is 11.6 Å². The lowest BCUT2D eigenvalue weighted by atomic mass is 9.48. The van der Waals surface area contributed by atoms with Crippen molar-refractivity contribution in [1.82, 2.24) is 16.0 Å². The quantitative estimate of drug-likeness (QED) is 0.186. The molecule has 1 aromatic carbocycles. The van der Waals surface area contributed by atoms with Crippen molar-refractivity contribution in [3.63, 3.8) is 0 Å². The van der Waals surface area contributed by atoms with Gasteiger partial charge in [0.05, 0.1) is 12.4 Å². The summed E-state index contributed by atoms with van der Waals surface area (Å²) in [6, 6.07) is 8.46. The molecule has 0 spiro atoms. The van der Waals surface area contributed by atoms with Gasteiger partial charge in [-0.05, 0) is 113 Å². The second-order valence-corrected chi connectivity index (χ2v) is 13.5. The highest BCUT2D eigenvalue weighted by Gasteiger charge is 2.55. The Morgan fingerprint density at radius 1 is 1.15 bits per heavy atom. The third kappa shape index (κ3) is 8.42. The Kier molecular flexibility index (Phi) is 11.7. The molecule has 222 valence electrons. The largest absolute Gasteiger partial charge is 0.386 e. The molecule has 4 bridgehead atoms. The van der Waals surface area contributed by atoms with Gasteiger partial charge < -0.3 is 10.6 Å². The lowest BCUT2D eigenvalue weighted by molar-refractivity contribution is -0.0750. The Morgan fingerprint density at radius 3 is 2.50 bits per heavy atom. The molecule has 6 heteroatoms. The normalized spacial score (nSPS) is 30.9. The summed E-state index contributed by atoms with van der Waals surface area (Å²) in [7, 11) is 0. The highest BCUT2D eigenvalue weighted by Crippen LogP contribution is 2.59. The third-order valence-electron chi connectivity index (χ3n) is 9.81. The summed E-state index contributed by atoms with van der Waals surface area (Å²) in [6.45, 7) is 11.7. The van der Waals surface area contributed by atoms with Gasteiger partial charge in [0.1, 0.15) is 0 Å². The number of hydrogen-bond donors (Lipinski definition) is 3. The molecule has 4 nitrogen and oxygen atoms in total. The first-order chi connectivity index (χ1) is 19.3. The van der Waals surface area contributed by atoms with Gasteiger partial charge in [-0.25, -0.2) is 4.39 Å². The molecule has 1 aromatic rings. The SMILES string of the molecule is C/C(NCC12CC3C[C@H](C1)C(NCC1CCCCC1)[C@@H](C3)C2)=C(F)\C=N/C(C)NCc1ccccc1Cl.C=CC. The van der Waals surface area contributed by atoms with Crippen molar-refractivity contribution in [2.45, 2.75) is 104 Å². The van der Waals surface area contributed by atoms with Crippen LogP contribution in [0.2, 0.25) is 5.02 Å². The summed E-state index contributed by atoms with van der Waals surface area (Å²) in [5, 5.41) is 11.6. The molecule has 5 fully saturated rings. The topological polar surface area (TPSA) is 48.5 Å². The first-order valence-electron chi connectivity index (χ1n) is 15.7. The lowest BCUT2D eigenvalue weighted by Gasteiger charge is -2.60. The standard InChI is InChI=1S/C31H46ClFN4.C3H6/c1-21(29(33)19-35-22(2)34-18-25-10-6-7-11-28(25)32)37-20-31-14-24-12-26(15-31)30(27(13-24)16-31)36-17-23-8-4-3-5-9-23;1-3-2/h6-7,10-11,19,22-24,26-27,30,34,36-37H,3-5,8-9,12-18,20H2,1-2H3;3H,1H2,2H3/b29-21-,35-19-;/t22?,24?,26-,27+,30?,31?;. The van der Waals surface area contributed by atoms with E-state index < -0.39 is 0 Å². The van der Waals surface area contributed by atoms with Crippen LogP contribution in [-0.2, 0) is 6.54 Å². The second kappa shape index (κ2) is 15.0. The summed E-state index contributed by atoms with van der Waals surface area (Å²) in [4.78, 5) is 4.37. The van der Waals surface area contributed by atoms with E-state index in [0.29, 0.717) is 23.7 Å². The van der Waals surface area contributed by atoms with E-state index in [0.717, 1.165) is 40.8 Å². The Bertz CT molecular complexity index is 1000. The molecule has 6 rings (SSSR count). The van der Waals surface area contributed by atoms with Crippen LogP contribution >= 0.6 is 11.6 Å². The van der Waals surface area contributed by atoms with Crippen molar-refractivity contribution in [2.75, 3.05) is 13.1 Å². The molecule has 0 saturated heterocycles. The molecule has 6 atom stereocenters. The molecule has 4 unspecified atom stereocenters. The first kappa shape index (κ1) is 31.3. The van der Waals surface area contributed by atoms with Crippen LogP contribution in [0.25, 0.3) is 0 Å². The van der Waals surface area contributed by atoms with E-state index in [2.05, 4.69) is 27.5 Å². The molecule has 5 saturated carbocycles. The minimum absolute atomic E-state index is 0.198. The summed E-state index contributed by atoms with van der Waals surface area (Å²) >= 11 is 6.22. The predicted molar refractivity (Wildman–Crippen MR) is 168 cm³/mol. The lowest BCUT2D eigenvalue weighted by Crippen LogP contribution is -2.60. The van der Waals surface area contributed by atoms with Gasteiger partial charge in [-0.15, -0.1) is 6.58 Å². The van der Waals surface area contributed by atoms with Crippen LogP contribution in [0.5, 0.6) is 0 Å². The minimum Gasteiger partial charge on any atom is -0.386 e. The van der Waals surface area contributed by atoms with Gasteiger partial charge in [-0.2, -0.15) is 0 Å². The second-order valence-electron chi connectivity index (χ2n) is 13.1. The highest BCUT2D eigenvalue weighted by atomic mass is 35.5. The number of hydrogen-bond acceptors (Lipinski definition) is 4. The van der Waals surface area contributed by atoms with Crippen LogP contribution in [-0.4, -0.2) is 31.5 Å². The maximum absolute atomic E-state index is 14.9. The molecule has 0 aromatic heterocycles. The summed E-state index contributed by atoms with van der Waals surface area (Å²) < 4.78 is 14.9. The number of benzene rings is 1. The number of rotatable bonds is 11. The van der Waals surface area contributed by atoms with Gasteiger partial charge in [-0.3, -0.25) is 10.3 Å². The summed E-state index contributed by atoms with van der Waals surface area (Å²) in [5.41, 5.74) is 1.95. The molecular formula is C34H52ClFN4. The van der Waals surface area contributed by atoms with Gasteiger partial charge in [0.2, 0.25) is 0 Å². The van der Waals surface area contributed by atoms with Crippen LogP contribution in [0.4, 0.5) is 4.39 Å². The van der Waals surface area contributed by atoms with E-state index >= 15 is 0 Å².